The molecule has 0 aromatic heterocycles. The van der Waals surface area contributed by atoms with Gasteiger partial charge in [-0.1, -0.05) is 0 Å². The molecular formula is C8H16N2O2. The van der Waals surface area contributed by atoms with Crippen LogP contribution in [0, 0.1) is 0 Å². The highest BCUT2D eigenvalue weighted by Gasteiger charge is 1.84. The molecule has 4 nitrogen and oxygen atoms in total. The number of hydroxylamine groups is 2. The van der Waals surface area contributed by atoms with Crippen LogP contribution in [-0.2, 0) is 9.68 Å². The highest BCUT2D eigenvalue weighted by atomic mass is 16.6. The quantitative estimate of drug-likeness (QED) is 0.481. The Bertz CT molecular complexity index is 156. The number of hydrogen-bond donors (Lipinski definition) is 2. The van der Waals surface area contributed by atoms with Crippen molar-refractivity contribution in [3.63, 3.8) is 0 Å². The Kier molecular flexibility index (Phi) is 6.14. The second kappa shape index (κ2) is 6.69. The molecule has 0 aromatic carbocycles. The van der Waals surface area contributed by atoms with Crippen molar-refractivity contribution in [1.82, 2.24) is 11.0 Å². The lowest BCUT2D eigenvalue weighted by Gasteiger charge is -2.02. The van der Waals surface area contributed by atoms with E-state index in [0.29, 0.717) is 0 Å². The highest BCUT2D eigenvalue weighted by Crippen LogP contribution is 1.91. The van der Waals surface area contributed by atoms with Crippen LogP contribution in [-0.4, -0.2) is 14.2 Å². The maximum absolute atomic E-state index is 4.70. The van der Waals surface area contributed by atoms with Crippen molar-refractivity contribution in [2.24, 2.45) is 0 Å². The van der Waals surface area contributed by atoms with Gasteiger partial charge in [0.15, 0.2) is 0 Å². The summed E-state index contributed by atoms with van der Waals surface area (Å²) in [5, 5.41) is 0. The van der Waals surface area contributed by atoms with E-state index in [1.807, 2.05) is 26.0 Å². The molecule has 0 amide bonds. The monoisotopic (exact) mass is 172 g/mol. The third-order valence-electron chi connectivity index (χ3n) is 1.11. The van der Waals surface area contributed by atoms with Gasteiger partial charge in [-0.05, 0) is 26.0 Å². The second-order valence-corrected chi connectivity index (χ2v) is 2.31. The van der Waals surface area contributed by atoms with E-state index in [1.54, 1.807) is 14.2 Å². The van der Waals surface area contributed by atoms with Gasteiger partial charge in [0.25, 0.3) is 0 Å². The van der Waals surface area contributed by atoms with Gasteiger partial charge in [0.2, 0.25) is 0 Å². The minimum Gasteiger partial charge on any atom is -0.280 e. The smallest absolute Gasteiger partial charge is 0.0636 e. The summed E-state index contributed by atoms with van der Waals surface area (Å²) in [6, 6.07) is 0. The number of rotatable bonds is 5. The summed E-state index contributed by atoms with van der Waals surface area (Å²) in [5.41, 5.74) is 7.23. The van der Waals surface area contributed by atoms with Crippen LogP contribution < -0.4 is 11.0 Å². The zero-order valence-corrected chi connectivity index (χ0v) is 7.97. The van der Waals surface area contributed by atoms with E-state index >= 15 is 0 Å². The van der Waals surface area contributed by atoms with Gasteiger partial charge in [0.05, 0.1) is 14.2 Å². The molecule has 70 valence electrons. The van der Waals surface area contributed by atoms with Crippen LogP contribution in [0.25, 0.3) is 0 Å². The predicted molar refractivity (Wildman–Crippen MR) is 47.8 cm³/mol. The molecule has 2 N–H and O–H groups in total. The zero-order chi connectivity index (χ0) is 9.40. The van der Waals surface area contributed by atoms with E-state index in [4.69, 9.17) is 9.68 Å². The van der Waals surface area contributed by atoms with E-state index in [1.165, 1.54) is 0 Å². The number of allylic oxidation sites excluding steroid dienone is 4. The molecule has 4 heteroatoms. The highest BCUT2D eigenvalue weighted by molar-refractivity contribution is 5.11. The topological polar surface area (TPSA) is 42.5 Å². The van der Waals surface area contributed by atoms with Crippen molar-refractivity contribution in [2.75, 3.05) is 14.2 Å². The van der Waals surface area contributed by atoms with Crippen LogP contribution in [0.5, 0.6) is 0 Å². The summed E-state index contributed by atoms with van der Waals surface area (Å²) in [6.45, 7) is 3.81. The van der Waals surface area contributed by atoms with E-state index in [-0.39, 0.29) is 0 Å². The first kappa shape index (κ1) is 11.0. The lowest BCUT2D eigenvalue weighted by Crippen LogP contribution is -2.09. The summed E-state index contributed by atoms with van der Waals surface area (Å²) in [4.78, 5) is 9.39. The van der Waals surface area contributed by atoms with Gasteiger partial charge >= 0.3 is 0 Å². The van der Waals surface area contributed by atoms with Gasteiger partial charge in [0.1, 0.15) is 0 Å². The minimum absolute atomic E-state index is 0.926. The molecule has 12 heavy (non-hydrogen) atoms. The Morgan fingerprint density at radius 2 is 1.25 bits per heavy atom. The normalized spacial score (nSPS) is 13.0. The predicted octanol–water partition coefficient (Wildman–Crippen LogP) is 1.10. The largest absolute Gasteiger partial charge is 0.280 e. The Labute approximate surface area is 73.1 Å². The molecule has 0 aliphatic carbocycles. The zero-order valence-electron chi connectivity index (χ0n) is 7.97. The lowest BCUT2D eigenvalue weighted by atomic mass is 10.4. The van der Waals surface area contributed by atoms with Crippen LogP contribution in [0.3, 0.4) is 0 Å². The Morgan fingerprint density at radius 1 is 0.917 bits per heavy atom. The molecule has 0 fully saturated rings. The summed E-state index contributed by atoms with van der Waals surface area (Å²) < 4.78 is 0. The van der Waals surface area contributed by atoms with E-state index in [9.17, 15) is 0 Å². The van der Waals surface area contributed by atoms with Gasteiger partial charge < -0.3 is 0 Å². The van der Waals surface area contributed by atoms with Crippen molar-refractivity contribution in [1.29, 1.82) is 0 Å². The molecule has 0 aliphatic rings. The van der Waals surface area contributed by atoms with Crippen molar-refractivity contribution < 1.29 is 9.68 Å². The average Bonchev–Trinajstić information content (AvgIpc) is 2.02. The van der Waals surface area contributed by atoms with Crippen molar-refractivity contribution >= 4 is 0 Å². The van der Waals surface area contributed by atoms with Gasteiger partial charge in [-0.2, -0.15) is 0 Å². The lowest BCUT2D eigenvalue weighted by molar-refractivity contribution is 0.117. The first-order valence-corrected chi connectivity index (χ1v) is 3.64. The summed E-state index contributed by atoms with van der Waals surface area (Å²) >= 11 is 0. The molecule has 0 saturated heterocycles. The van der Waals surface area contributed by atoms with Gasteiger partial charge in [-0.15, -0.1) is 0 Å². The second-order valence-electron chi connectivity index (χ2n) is 2.31. The third-order valence-corrected chi connectivity index (χ3v) is 1.11. The van der Waals surface area contributed by atoms with E-state index < -0.39 is 0 Å². The van der Waals surface area contributed by atoms with E-state index in [0.717, 1.165) is 11.4 Å². The molecular weight excluding hydrogens is 156 g/mol. The first-order valence-electron chi connectivity index (χ1n) is 3.64. The SMILES string of the molecule is CONC(C)=CC=C(C)NOC. The van der Waals surface area contributed by atoms with Crippen LogP contribution >= 0.6 is 0 Å². The molecule has 0 aliphatic heterocycles. The fourth-order valence-corrected chi connectivity index (χ4v) is 0.640. The molecule has 0 radical (unpaired) electrons. The maximum atomic E-state index is 4.70. The molecule has 0 spiro atoms. The molecule has 0 saturated carbocycles. The number of hydrogen-bond acceptors (Lipinski definition) is 4. The van der Waals surface area contributed by atoms with Crippen LogP contribution in [0.4, 0.5) is 0 Å². The minimum atomic E-state index is 0.926. The average molecular weight is 172 g/mol. The molecule has 0 bridgehead atoms. The molecule has 0 atom stereocenters. The summed E-state index contributed by atoms with van der Waals surface area (Å²) in [5.74, 6) is 0. The number of nitrogens with one attached hydrogen (secondary N) is 2. The fourth-order valence-electron chi connectivity index (χ4n) is 0.640. The van der Waals surface area contributed by atoms with Crippen LogP contribution in [0.2, 0.25) is 0 Å². The van der Waals surface area contributed by atoms with Gasteiger partial charge in [-0.3, -0.25) is 20.6 Å². The van der Waals surface area contributed by atoms with Gasteiger partial charge in [0, 0.05) is 11.4 Å². The Morgan fingerprint density at radius 3 is 1.50 bits per heavy atom. The molecule has 0 aromatic rings. The third kappa shape index (κ3) is 5.76. The van der Waals surface area contributed by atoms with Crippen LogP contribution in [0.15, 0.2) is 23.5 Å². The molecule has 0 rings (SSSR count). The summed E-state index contributed by atoms with van der Waals surface area (Å²) in [7, 11) is 3.14. The summed E-state index contributed by atoms with van der Waals surface area (Å²) in [6.07, 6.45) is 3.76. The first-order chi connectivity index (χ1) is 5.70. The Balaban J connectivity index is 3.89. The molecule has 0 heterocycles. The van der Waals surface area contributed by atoms with E-state index in [2.05, 4.69) is 11.0 Å². The standard InChI is InChI=1S/C8H16N2O2/c1-7(9-11-3)5-6-8(2)10-12-4/h5-6,9-10H,1-4H3. The van der Waals surface area contributed by atoms with Gasteiger partial charge in [-0.25, -0.2) is 0 Å². The maximum Gasteiger partial charge on any atom is 0.0636 e. The van der Waals surface area contributed by atoms with Crippen molar-refractivity contribution in [3.8, 4) is 0 Å². The van der Waals surface area contributed by atoms with Crippen molar-refractivity contribution in [2.45, 2.75) is 13.8 Å². The fraction of sp³-hybridized carbons (Fsp3) is 0.500. The molecule has 0 unspecified atom stereocenters. The van der Waals surface area contributed by atoms with Crippen molar-refractivity contribution in [3.05, 3.63) is 23.5 Å². The van der Waals surface area contributed by atoms with Crippen LogP contribution in [0.1, 0.15) is 13.8 Å². The Hall–Kier alpha value is -1.00.